The van der Waals surface area contributed by atoms with Gasteiger partial charge in [0.2, 0.25) is 0 Å². The summed E-state index contributed by atoms with van der Waals surface area (Å²) in [7, 11) is 0. The van der Waals surface area contributed by atoms with E-state index < -0.39 is 36.0 Å². The van der Waals surface area contributed by atoms with Crippen LogP contribution in [0, 0.1) is 0 Å². The maximum absolute atomic E-state index is 12.2. The number of hydrogen-bond donors (Lipinski definition) is 3. The lowest BCUT2D eigenvalue weighted by atomic mass is 10.1. The molecule has 30 heavy (non-hydrogen) atoms. The molecule has 1 fully saturated rings. The number of anilines is 1. The number of amides is 4. The summed E-state index contributed by atoms with van der Waals surface area (Å²) in [5.74, 6) is -0.310. The summed E-state index contributed by atoms with van der Waals surface area (Å²) in [6.45, 7) is 1.45. The van der Waals surface area contributed by atoms with E-state index in [2.05, 4.69) is 16.0 Å². The van der Waals surface area contributed by atoms with Crippen LogP contribution in [0.2, 0.25) is 0 Å². The topological polar surface area (TPSA) is 123 Å². The van der Waals surface area contributed by atoms with Crippen molar-refractivity contribution in [2.45, 2.75) is 31.9 Å². The molecule has 4 amide bonds. The highest BCUT2D eigenvalue weighted by atomic mass is 16.5. The number of carbonyl (C=O) groups excluding carboxylic acids is 4. The predicted molar refractivity (Wildman–Crippen MR) is 107 cm³/mol. The van der Waals surface area contributed by atoms with E-state index in [1.165, 1.54) is 6.92 Å². The van der Waals surface area contributed by atoms with Crippen molar-refractivity contribution >= 4 is 29.5 Å². The summed E-state index contributed by atoms with van der Waals surface area (Å²) in [6.07, 6.45) is -1.04. The standard InChI is InChI=1S/C21H21N3O6/c1-13(29-18(25)12-11-17-20(27)24-21(28)23-17)19(26)22-14-7-9-16(10-8-14)30-15-5-3-2-4-6-15/h2-10,13,17H,11-12H2,1H3,(H,22,26)(H2,23,24,27,28)/t13-,17-/m0/s1. The van der Waals surface area contributed by atoms with Gasteiger partial charge in [-0.2, -0.15) is 0 Å². The van der Waals surface area contributed by atoms with E-state index >= 15 is 0 Å². The lowest BCUT2D eigenvalue weighted by Gasteiger charge is -2.14. The Morgan fingerprint density at radius 3 is 2.33 bits per heavy atom. The Kier molecular flexibility index (Phi) is 6.63. The smallest absolute Gasteiger partial charge is 0.322 e. The molecule has 3 N–H and O–H groups in total. The first-order chi connectivity index (χ1) is 14.4. The van der Waals surface area contributed by atoms with Crippen LogP contribution < -0.4 is 20.7 Å². The molecule has 1 heterocycles. The van der Waals surface area contributed by atoms with Gasteiger partial charge < -0.3 is 20.1 Å². The van der Waals surface area contributed by atoms with E-state index in [1.807, 2.05) is 30.3 Å². The summed E-state index contributed by atoms with van der Waals surface area (Å²) in [5, 5.41) is 7.13. The van der Waals surface area contributed by atoms with Crippen LogP contribution >= 0.6 is 0 Å². The molecule has 1 aliphatic rings. The second-order valence-electron chi connectivity index (χ2n) is 6.61. The molecule has 2 atom stereocenters. The summed E-state index contributed by atoms with van der Waals surface area (Å²) >= 11 is 0. The lowest BCUT2D eigenvalue weighted by molar-refractivity contribution is -0.153. The highest BCUT2D eigenvalue weighted by Gasteiger charge is 2.30. The molecule has 156 valence electrons. The number of para-hydroxylation sites is 1. The van der Waals surface area contributed by atoms with Crippen LogP contribution in [0.25, 0.3) is 0 Å². The number of imide groups is 1. The number of urea groups is 1. The number of hydrogen-bond acceptors (Lipinski definition) is 6. The minimum atomic E-state index is -1.02. The van der Waals surface area contributed by atoms with Crippen LogP contribution in [0.15, 0.2) is 54.6 Å². The van der Waals surface area contributed by atoms with E-state index in [-0.39, 0.29) is 12.8 Å². The zero-order valence-electron chi connectivity index (χ0n) is 16.2. The molecule has 1 saturated heterocycles. The number of rotatable bonds is 8. The maximum atomic E-state index is 12.2. The van der Waals surface area contributed by atoms with Crippen molar-refractivity contribution in [2.24, 2.45) is 0 Å². The first-order valence-electron chi connectivity index (χ1n) is 9.35. The fraction of sp³-hybridized carbons (Fsp3) is 0.238. The fourth-order valence-electron chi connectivity index (χ4n) is 2.71. The number of carbonyl (C=O) groups is 4. The van der Waals surface area contributed by atoms with Crippen LogP contribution in [0.5, 0.6) is 11.5 Å². The number of ether oxygens (including phenoxy) is 2. The minimum absolute atomic E-state index is 0.0909. The van der Waals surface area contributed by atoms with Gasteiger partial charge in [-0.1, -0.05) is 18.2 Å². The van der Waals surface area contributed by atoms with Crippen LogP contribution in [-0.2, 0) is 19.1 Å². The highest BCUT2D eigenvalue weighted by molar-refractivity contribution is 6.04. The average Bonchev–Trinajstić information content (AvgIpc) is 3.05. The molecular weight excluding hydrogens is 390 g/mol. The van der Waals surface area contributed by atoms with Crippen LogP contribution in [0.1, 0.15) is 19.8 Å². The monoisotopic (exact) mass is 411 g/mol. The van der Waals surface area contributed by atoms with E-state index in [1.54, 1.807) is 24.3 Å². The van der Waals surface area contributed by atoms with E-state index in [0.717, 1.165) is 0 Å². The van der Waals surface area contributed by atoms with Crippen molar-refractivity contribution < 1.29 is 28.7 Å². The molecule has 0 unspecified atom stereocenters. The van der Waals surface area contributed by atoms with Gasteiger partial charge in [-0.15, -0.1) is 0 Å². The first-order valence-corrected chi connectivity index (χ1v) is 9.35. The molecule has 1 aliphatic heterocycles. The van der Waals surface area contributed by atoms with Crippen molar-refractivity contribution in [3.63, 3.8) is 0 Å². The minimum Gasteiger partial charge on any atom is -0.457 e. The van der Waals surface area contributed by atoms with Crippen LogP contribution in [-0.4, -0.2) is 36.0 Å². The number of nitrogens with one attached hydrogen (secondary N) is 3. The first kappa shape index (κ1) is 20.8. The van der Waals surface area contributed by atoms with E-state index in [9.17, 15) is 19.2 Å². The molecular formula is C21H21N3O6. The molecule has 0 aromatic heterocycles. The molecule has 9 heteroatoms. The fourth-order valence-corrected chi connectivity index (χ4v) is 2.71. The van der Waals surface area contributed by atoms with Gasteiger partial charge in [0.1, 0.15) is 17.5 Å². The van der Waals surface area contributed by atoms with Gasteiger partial charge in [0, 0.05) is 12.1 Å². The average molecular weight is 411 g/mol. The van der Waals surface area contributed by atoms with Crippen molar-refractivity contribution in [1.82, 2.24) is 10.6 Å². The van der Waals surface area contributed by atoms with Gasteiger partial charge >= 0.3 is 12.0 Å². The van der Waals surface area contributed by atoms with Gasteiger partial charge in [-0.25, -0.2) is 4.79 Å². The second kappa shape index (κ2) is 9.55. The third kappa shape index (κ3) is 5.81. The van der Waals surface area contributed by atoms with Crippen molar-refractivity contribution in [2.75, 3.05) is 5.32 Å². The van der Waals surface area contributed by atoms with Crippen molar-refractivity contribution in [3.8, 4) is 11.5 Å². The Bertz CT molecular complexity index is 930. The SMILES string of the molecule is C[C@H](OC(=O)CC[C@@H]1NC(=O)NC1=O)C(=O)Nc1ccc(Oc2ccccc2)cc1. The molecule has 9 nitrogen and oxygen atoms in total. The van der Waals surface area contributed by atoms with E-state index in [0.29, 0.717) is 17.2 Å². The van der Waals surface area contributed by atoms with Gasteiger partial charge in [0.25, 0.3) is 11.8 Å². The highest BCUT2D eigenvalue weighted by Crippen LogP contribution is 2.22. The third-order valence-electron chi connectivity index (χ3n) is 4.27. The molecule has 0 radical (unpaired) electrons. The molecule has 0 saturated carbocycles. The Hall–Kier alpha value is -3.88. The van der Waals surface area contributed by atoms with Gasteiger partial charge in [0.15, 0.2) is 6.10 Å². The Morgan fingerprint density at radius 1 is 1.03 bits per heavy atom. The number of esters is 1. The molecule has 3 rings (SSSR count). The van der Waals surface area contributed by atoms with Crippen molar-refractivity contribution in [1.29, 1.82) is 0 Å². The largest absolute Gasteiger partial charge is 0.457 e. The van der Waals surface area contributed by atoms with E-state index in [4.69, 9.17) is 9.47 Å². The summed E-state index contributed by atoms with van der Waals surface area (Å²) in [6, 6.07) is 14.7. The van der Waals surface area contributed by atoms with Crippen molar-refractivity contribution in [3.05, 3.63) is 54.6 Å². The van der Waals surface area contributed by atoms with Crippen LogP contribution in [0.3, 0.4) is 0 Å². The summed E-state index contributed by atoms with van der Waals surface area (Å²) in [4.78, 5) is 46.6. The van der Waals surface area contributed by atoms with Crippen LogP contribution in [0.4, 0.5) is 10.5 Å². The zero-order chi connectivity index (χ0) is 21.5. The maximum Gasteiger partial charge on any atom is 0.322 e. The third-order valence-corrected chi connectivity index (χ3v) is 4.27. The van der Waals surface area contributed by atoms with Gasteiger partial charge in [-0.3, -0.25) is 19.7 Å². The van der Waals surface area contributed by atoms with Gasteiger partial charge in [-0.05, 0) is 49.7 Å². The molecule has 2 aromatic rings. The Balaban J connectivity index is 1.43. The van der Waals surface area contributed by atoms with Gasteiger partial charge in [0.05, 0.1) is 0 Å². The Morgan fingerprint density at radius 2 is 1.70 bits per heavy atom. The quantitative estimate of drug-likeness (QED) is 0.453. The molecule has 0 aliphatic carbocycles. The molecule has 0 bridgehead atoms. The molecule has 0 spiro atoms. The second-order valence-corrected chi connectivity index (χ2v) is 6.61. The summed E-state index contributed by atoms with van der Waals surface area (Å²) in [5.41, 5.74) is 0.522. The lowest BCUT2D eigenvalue weighted by Crippen LogP contribution is -2.32. The normalized spacial score (nSPS) is 16.2. The summed E-state index contributed by atoms with van der Waals surface area (Å²) < 4.78 is 10.8. The number of benzene rings is 2. The Labute approximate surface area is 172 Å². The predicted octanol–water partition coefficient (Wildman–Crippen LogP) is 2.34. The zero-order valence-corrected chi connectivity index (χ0v) is 16.2. The molecule has 2 aromatic carbocycles.